The summed E-state index contributed by atoms with van der Waals surface area (Å²) in [5.41, 5.74) is 7.11. The number of carbonyl (C=O) groups excluding carboxylic acids is 1. The Balaban J connectivity index is 1.83. The van der Waals surface area contributed by atoms with Gasteiger partial charge in [-0.25, -0.2) is 4.99 Å². The molecule has 0 unspecified atom stereocenters. The van der Waals surface area contributed by atoms with Gasteiger partial charge in [0, 0.05) is 23.6 Å². The Kier molecular flexibility index (Phi) is 6.39. The molecule has 5 heteroatoms. The molecule has 1 heterocycles. The van der Waals surface area contributed by atoms with E-state index < -0.39 is 0 Å². The summed E-state index contributed by atoms with van der Waals surface area (Å²) >= 11 is 0. The molecule has 0 radical (unpaired) electrons. The van der Waals surface area contributed by atoms with Crippen molar-refractivity contribution in [3.8, 4) is 0 Å². The molecule has 0 aliphatic carbocycles. The number of pyridine rings is 1. The van der Waals surface area contributed by atoms with Gasteiger partial charge in [-0.3, -0.25) is 15.1 Å². The number of nitrogens with zero attached hydrogens (tertiary/aromatic N) is 2. The number of nitrogens with one attached hydrogen (secondary N) is 2. The number of hydrogen-bond donors (Lipinski definition) is 2. The molecule has 0 atom stereocenters. The van der Waals surface area contributed by atoms with Crippen LogP contribution in [0.4, 0.5) is 5.69 Å². The summed E-state index contributed by atoms with van der Waals surface area (Å²) in [6, 6.07) is 15.5. The number of rotatable bonds is 4. The zero-order valence-electron chi connectivity index (χ0n) is 17.3. The van der Waals surface area contributed by atoms with Crippen LogP contribution in [0.3, 0.4) is 0 Å². The van der Waals surface area contributed by atoms with E-state index >= 15 is 0 Å². The van der Waals surface area contributed by atoms with Gasteiger partial charge in [0.15, 0.2) is 0 Å². The fourth-order valence-electron chi connectivity index (χ4n) is 2.79. The van der Waals surface area contributed by atoms with Gasteiger partial charge in [-0.1, -0.05) is 12.1 Å². The number of carbonyl (C=O) groups is 1. The molecule has 29 heavy (non-hydrogen) atoms. The van der Waals surface area contributed by atoms with Crippen LogP contribution in [0.15, 0.2) is 65.9 Å². The predicted molar refractivity (Wildman–Crippen MR) is 118 cm³/mol. The molecule has 0 fully saturated rings. The number of hydrogen-bond acceptors (Lipinski definition) is 3. The van der Waals surface area contributed by atoms with Crippen molar-refractivity contribution in [2.45, 2.75) is 34.2 Å². The minimum atomic E-state index is -0.196. The Bertz CT molecular complexity index is 1040. The van der Waals surface area contributed by atoms with Crippen molar-refractivity contribution >= 4 is 17.6 Å². The molecule has 3 aromatic rings. The van der Waals surface area contributed by atoms with E-state index in [1.807, 2.05) is 62.4 Å². The van der Waals surface area contributed by atoms with Crippen molar-refractivity contribution in [3.63, 3.8) is 0 Å². The van der Waals surface area contributed by atoms with Gasteiger partial charge in [-0.2, -0.15) is 0 Å². The molecule has 1 amide bonds. The van der Waals surface area contributed by atoms with Crippen molar-refractivity contribution in [2.75, 3.05) is 5.32 Å². The monoisotopic (exact) mass is 386 g/mol. The first-order valence-electron chi connectivity index (χ1n) is 9.58. The molecule has 0 aliphatic heterocycles. The topological polar surface area (TPSA) is 66.4 Å². The summed E-state index contributed by atoms with van der Waals surface area (Å²) in [4.78, 5) is 21.4. The van der Waals surface area contributed by atoms with Crippen molar-refractivity contribution in [1.29, 1.82) is 0 Å². The van der Waals surface area contributed by atoms with Crippen LogP contribution in [-0.4, -0.2) is 16.9 Å². The van der Waals surface area contributed by atoms with Crippen LogP contribution >= 0.6 is 0 Å². The Morgan fingerprint density at radius 2 is 1.52 bits per heavy atom. The third-order valence-corrected chi connectivity index (χ3v) is 4.94. The molecule has 0 saturated heterocycles. The van der Waals surface area contributed by atoms with Crippen molar-refractivity contribution in [1.82, 2.24) is 10.3 Å². The standard InChI is InChI=1S/C24H26N4O/c1-16-5-7-21(13-18(16)3)23(29)28-24(26-15-20-9-11-25-12-10-20)27-22-8-6-17(2)19(4)14-22/h5-14H,15H2,1-4H3,(H2,26,27,28,29). The average Bonchev–Trinajstić information content (AvgIpc) is 2.71. The summed E-state index contributed by atoms with van der Waals surface area (Å²) in [6.45, 7) is 8.59. The molecule has 3 rings (SSSR count). The van der Waals surface area contributed by atoms with Crippen LogP contribution in [-0.2, 0) is 6.54 Å². The number of benzene rings is 2. The van der Waals surface area contributed by atoms with Crippen LogP contribution in [0.1, 0.15) is 38.2 Å². The number of guanidine groups is 1. The minimum absolute atomic E-state index is 0.196. The van der Waals surface area contributed by atoms with Gasteiger partial charge in [-0.05, 0) is 91.9 Å². The zero-order chi connectivity index (χ0) is 20.8. The van der Waals surface area contributed by atoms with E-state index in [2.05, 4.69) is 34.5 Å². The third-order valence-electron chi connectivity index (χ3n) is 4.94. The minimum Gasteiger partial charge on any atom is -0.326 e. The van der Waals surface area contributed by atoms with Crippen molar-refractivity contribution < 1.29 is 4.79 Å². The van der Waals surface area contributed by atoms with E-state index in [-0.39, 0.29) is 5.91 Å². The van der Waals surface area contributed by atoms with Crippen LogP contribution in [0.5, 0.6) is 0 Å². The van der Waals surface area contributed by atoms with E-state index in [1.54, 1.807) is 12.4 Å². The average molecular weight is 386 g/mol. The zero-order valence-corrected chi connectivity index (χ0v) is 17.3. The van der Waals surface area contributed by atoms with E-state index in [1.165, 1.54) is 11.1 Å². The molecule has 0 saturated carbocycles. The van der Waals surface area contributed by atoms with Gasteiger partial charge < -0.3 is 5.32 Å². The molecule has 2 N–H and O–H groups in total. The third kappa shape index (κ3) is 5.51. The molecule has 0 bridgehead atoms. The van der Waals surface area contributed by atoms with Gasteiger partial charge in [0.05, 0.1) is 6.54 Å². The highest BCUT2D eigenvalue weighted by molar-refractivity contribution is 6.10. The molecule has 0 aliphatic rings. The quantitative estimate of drug-likeness (QED) is 0.504. The second-order valence-electron chi connectivity index (χ2n) is 7.20. The smallest absolute Gasteiger partial charge is 0.257 e. The predicted octanol–water partition coefficient (Wildman–Crippen LogP) is 4.71. The summed E-state index contributed by atoms with van der Waals surface area (Å²) < 4.78 is 0. The maximum atomic E-state index is 12.8. The van der Waals surface area contributed by atoms with Crippen LogP contribution in [0, 0.1) is 27.7 Å². The number of amides is 1. The second-order valence-corrected chi connectivity index (χ2v) is 7.20. The van der Waals surface area contributed by atoms with Gasteiger partial charge in [-0.15, -0.1) is 0 Å². The fraction of sp³-hybridized carbons (Fsp3) is 0.208. The molecule has 148 valence electrons. The fourth-order valence-corrected chi connectivity index (χ4v) is 2.79. The first-order chi connectivity index (χ1) is 13.9. The van der Waals surface area contributed by atoms with E-state index in [9.17, 15) is 4.79 Å². The van der Waals surface area contributed by atoms with Crippen molar-refractivity contribution in [2.24, 2.45) is 4.99 Å². The van der Waals surface area contributed by atoms with Crippen LogP contribution < -0.4 is 10.6 Å². The highest BCUT2D eigenvalue weighted by atomic mass is 16.1. The van der Waals surface area contributed by atoms with Gasteiger partial charge in [0.1, 0.15) is 0 Å². The van der Waals surface area contributed by atoms with Crippen LogP contribution in [0.25, 0.3) is 0 Å². The molecular weight excluding hydrogens is 360 g/mol. The highest BCUT2D eigenvalue weighted by Crippen LogP contribution is 2.15. The number of aryl methyl sites for hydroxylation is 4. The molecule has 2 aromatic carbocycles. The lowest BCUT2D eigenvalue weighted by molar-refractivity contribution is 0.0977. The first kappa shape index (κ1) is 20.3. The lowest BCUT2D eigenvalue weighted by atomic mass is 10.1. The Morgan fingerprint density at radius 3 is 2.17 bits per heavy atom. The number of aromatic nitrogens is 1. The first-order valence-corrected chi connectivity index (χ1v) is 9.58. The maximum Gasteiger partial charge on any atom is 0.257 e. The largest absolute Gasteiger partial charge is 0.326 e. The second kappa shape index (κ2) is 9.15. The SMILES string of the molecule is Cc1ccc(NC(=NCc2ccncc2)NC(=O)c2ccc(C)c(C)c2)cc1C. The Hall–Kier alpha value is -3.47. The van der Waals surface area contributed by atoms with Crippen LogP contribution in [0.2, 0.25) is 0 Å². The molecule has 1 aromatic heterocycles. The summed E-state index contributed by atoms with van der Waals surface area (Å²) in [5.74, 6) is 0.214. The number of anilines is 1. The molecule has 5 nitrogen and oxygen atoms in total. The van der Waals surface area contributed by atoms with E-state index in [4.69, 9.17) is 0 Å². The van der Waals surface area contributed by atoms with Gasteiger partial charge in [0.2, 0.25) is 5.96 Å². The Morgan fingerprint density at radius 1 is 0.862 bits per heavy atom. The summed E-state index contributed by atoms with van der Waals surface area (Å²) in [6.07, 6.45) is 3.46. The van der Waals surface area contributed by atoms with Gasteiger partial charge >= 0.3 is 0 Å². The Labute approximate surface area is 171 Å². The molecule has 0 spiro atoms. The normalized spacial score (nSPS) is 11.2. The maximum absolute atomic E-state index is 12.8. The lowest BCUT2D eigenvalue weighted by Gasteiger charge is -2.14. The van der Waals surface area contributed by atoms with Gasteiger partial charge in [0.25, 0.3) is 5.91 Å². The van der Waals surface area contributed by atoms with E-state index in [0.717, 1.165) is 22.4 Å². The highest BCUT2D eigenvalue weighted by Gasteiger charge is 2.11. The summed E-state index contributed by atoms with van der Waals surface area (Å²) in [7, 11) is 0. The van der Waals surface area contributed by atoms with Crippen molar-refractivity contribution in [3.05, 3.63) is 94.3 Å². The summed E-state index contributed by atoms with van der Waals surface area (Å²) in [5, 5.41) is 6.16. The number of aliphatic imine (C=N–C) groups is 1. The van der Waals surface area contributed by atoms with E-state index in [0.29, 0.717) is 18.1 Å². The lowest BCUT2D eigenvalue weighted by Crippen LogP contribution is -2.36. The molecular formula is C24H26N4O.